The fourth-order valence-corrected chi connectivity index (χ4v) is 1.92. The maximum atomic E-state index is 11.6. The minimum Gasteiger partial charge on any atom is -0.385 e. The largest absolute Gasteiger partial charge is 0.385 e. The second-order valence-electron chi connectivity index (χ2n) is 4.64. The molecule has 82 valence electrons. The summed E-state index contributed by atoms with van der Waals surface area (Å²) in [6.07, 6.45) is 1.15. The number of aliphatic hydroxyl groups excluding tert-OH is 1. The molecular formula is C11H21NO2. The second-order valence-corrected chi connectivity index (χ2v) is 4.64. The quantitative estimate of drug-likeness (QED) is 0.734. The van der Waals surface area contributed by atoms with Crippen LogP contribution in [0.5, 0.6) is 0 Å². The topological polar surface area (TPSA) is 40.5 Å². The molecule has 1 aliphatic heterocycles. The Labute approximate surface area is 86.1 Å². The van der Waals surface area contributed by atoms with Crippen LogP contribution in [0.2, 0.25) is 0 Å². The molecule has 0 aromatic heterocycles. The summed E-state index contributed by atoms with van der Waals surface area (Å²) in [5, 5.41) is 9.83. The zero-order valence-electron chi connectivity index (χ0n) is 9.36. The Hall–Kier alpha value is -0.410. The minimum absolute atomic E-state index is 0.000414. The lowest BCUT2D eigenvalue weighted by molar-refractivity contribution is -0.133. The Balaban J connectivity index is 2.45. The SMILES string of the molecule is CC(C)C(=O)C(O)C1CCN(C)CC1. The maximum absolute atomic E-state index is 11.6. The van der Waals surface area contributed by atoms with E-state index in [4.69, 9.17) is 0 Å². The average Bonchev–Trinajstić information content (AvgIpc) is 2.16. The lowest BCUT2D eigenvalue weighted by atomic mass is 9.86. The first kappa shape index (κ1) is 11.7. The summed E-state index contributed by atoms with van der Waals surface area (Å²) in [6.45, 7) is 5.68. The van der Waals surface area contributed by atoms with Gasteiger partial charge < -0.3 is 10.0 Å². The third-order valence-electron chi connectivity index (χ3n) is 3.07. The van der Waals surface area contributed by atoms with Crippen molar-refractivity contribution in [2.45, 2.75) is 32.8 Å². The summed E-state index contributed by atoms with van der Waals surface area (Å²) >= 11 is 0. The Morgan fingerprint density at radius 1 is 1.36 bits per heavy atom. The van der Waals surface area contributed by atoms with Crippen molar-refractivity contribution in [1.29, 1.82) is 0 Å². The summed E-state index contributed by atoms with van der Waals surface area (Å²) in [4.78, 5) is 13.8. The smallest absolute Gasteiger partial charge is 0.164 e. The summed E-state index contributed by atoms with van der Waals surface area (Å²) in [6, 6.07) is 0. The molecule has 14 heavy (non-hydrogen) atoms. The van der Waals surface area contributed by atoms with Crippen molar-refractivity contribution in [1.82, 2.24) is 4.90 Å². The molecule has 0 bridgehead atoms. The molecule has 1 fully saturated rings. The number of ketones is 1. The van der Waals surface area contributed by atoms with Gasteiger partial charge in [0.1, 0.15) is 6.10 Å². The van der Waals surface area contributed by atoms with Crippen LogP contribution in [-0.2, 0) is 4.79 Å². The van der Waals surface area contributed by atoms with E-state index >= 15 is 0 Å². The van der Waals surface area contributed by atoms with Gasteiger partial charge in [0.05, 0.1) is 0 Å². The van der Waals surface area contributed by atoms with Gasteiger partial charge >= 0.3 is 0 Å². The van der Waals surface area contributed by atoms with E-state index in [0.717, 1.165) is 25.9 Å². The van der Waals surface area contributed by atoms with Crippen molar-refractivity contribution in [2.24, 2.45) is 11.8 Å². The number of hydrogen-bond acceptors (Lipinski definition) is 3. The van der Waals surface area contributed by atoms with Gasteiger partial charge in [-0.15, -0.1) is 0 Å². The molecule has 1 aliphatic rings. The van der Waals surface area contributed by atoms with Gasteiger partial charge in [0.15, 0.2) is 5.78 Å². The standard InChI is InChI=1S/C11H21NO2/c1-8(2)10(13)11(14)9-4-6-12(3)7-5-9/h8-9,11,14H,4-7H2,1-3H3. The predicted octanol–water partition coefficient (Wildman–Crippen LogP) is 0.914. The van der Waals surface area contributed by atoms with Crippen molar-refractivity contribution >= 4 is 5.78 Å². The average molecular weight is 199 g/mol. The highest BCUT2D eigenvalue weighted by atomic mass is 16.3. The lowest BCUT2D eigenvalue weighted by Gasteiger charge is -2.31. The van der Waals surface area contributed by atoms with Crippen molar-refractivity contribution in [3.63, 3.8) is 0 Å². The van der Waals surface area contributed by atoms with Gasteiger partial charge in [-0.3, -0.25) is 4.79 Å². The first-order valence-corrected chi connectivity index (χ1v) is 5.42. The van der Waals surface area contributed by atoms with Gasteiger partial charge in [-0.1, -0.05) is 13.8 Å². The van der Waals surface area contributed by atoms with Crippen LogP contribution >= 0.6 is 0 Å². The van der Waals surface area contributed by atoms with E-state index in [0.29, 0.717) is 0 Å². The summed E-state index contributed by atoms with van der Waals surface area (Å²) in [5.41, 5.74) is 0. The van der Waals surface area contributed by atoms with Gasteiger partial charge in [-0.05, 0) is 38.9 Å². The molecule has 1 N–H and O–H groups in total. The van der Waals surface area contributed by atoms with Gasteiger partial charge in [0.2, 0.25) is 0 Å². The number of rotatable bonds is 3. The van der Waals surface area contributed by atoms with Crippen molar-refractivity contribution in [3.8, 4) is 0 Å². The zero-order valence-corrected chi connectivity index (χ0v) is 9.36. The molecule has 0 radical (unpaired) electrons. The molecule has 0 spiro atoms. The zero-order chi connectivity index (χ0) is 10.7. The Morgan fingerprint density at radius 2 is 1.86 bits per heavy atom. The van der Waals surface area contributed by atoms with Gasteiger partial charge in [0, 0.05) is 5.92 Å². The van der Waals surface area contributed by atoms with Gasteiger partial charge in [-0.2, -0.15) is 0 Å². The number of aliphatic hydroxyl groups is 1. The van der Waals surface area contributed by atoms with E-state index in [1.165, 1.54) is 0 Å². The fourth-order valence-electron chi connectivity index (χ4n) is 1.92. The van der Waals surface area contributed by atoms with E-state index < -0.39 is 6.10 Å². The predicted molar refractivity (Wildman–Crippen MR) is 56.1 cm³/mol. The van der Waals surface area contributed by atoms with Gasteiger partial charge in [-0.25, -0.2) is 0 Å². The third kappa shape index (κ3) is 2.79. The highest BCUT2D eigenvalue weighted by molar-refractivity contribution is 5.84. The van der Waals surface area contributed by atoms with E-state index in [2.05, 4.69) is 11.9 Å². The molecule has 1 unspecified atom stereocenters. The monoisotopic (exact) mass is 199 g/mol. The van der Waals surface area contributed by atoms with Crippen molar-refractivity contribution in [3.05, 3.63) is 0 Å². The molecule has 0 aromatic carbocycles. The molecule has 0 saturated carbocycles. The molecule has 3 nitrogen and oxygen atoms in total. The lowest BCUT2D eigenvalue weighted by Crippen LogP contribution is -2.40. The van der Waals surface area contributed by atoms with Crippen LogP contribution < -0.4 is 0 Å². The number of likely N-dealkylation sites (tertiary alicyclic amines) is 1. The minimum atomic E-state index is -0.733. The first-order valence-electron chi connectivity index (χ1n) is 5.42. The third-order valence-corrected chi connectivity index (χ3v) is 3.07. The summed E-state index contributed by atoms with van der Waals surface area (Å²) in [7, 11) is 2.08. The van der Waals surface area contributed by atoms with E-state index in [1.54, 1.807) is 0 Å². The van der Waals surface area contributed by atoms with Crippen molar-refractivity contribution in [2.75, 3.05) is 20.1 Å². The summed E-state index contributed by atoms with van der Waals surface area (Å²) < 4.78 is 0. The van der Waals surface area contributed by atoms with Crippen LogP contribution in [0, 0.1) is 11.8 Å². The Kier molecular flexibility index (Phi) is 4.08. The number of Topliss-reactive ketones (excluding diaryl/α,β-unsaturated/α-hetero) is 1. The van der Waals surface area contributed by atoms with Gasteiger partial charge in [0.25, 0.3) is 0 Å². The summed E-state index contributed by atoms with van der Waals surface area (Å²) in [5.74, 6) is 0.130. The van der Waals surface area contributed by atoms with Crippen LogP contribution in [0.1, 0.15) is 26.7 Å². The molecule has 0 amide bonds. The number of carbonyl (C=O) groups is 1. The highest BCUT2D eigenvalue weighted by Crippen LogP contribution is 2.21. The van der Waals surface area contributed by atoms with E-state index in [9.17, 15) is 9.90 Å². The number of piperidine rings is 1. The Bertz CT molecular complexity index is 195. The number of hydrogen-bond donors (Lipinski definition) is 1. The molecule has 0 aliphatic carbocycles. The molecule has 0 aromatic rings. The Morgan fingerprint density at radius 3 is 2.29 bits per heavy atom. The molecule has 1 atom stereocenters. The van der Waals surface area contributed by atoms with Crippen LogP contribution in [0.4, 0.5) is 0 Å². The normalized spacial score (nSPS) is 22.6. The highest BCUT2D eigenvalue weighted by Gasteiger charge is 2.29. The molecule has 1 heterocycles. The fraction of sp³-hybridized carbons (Fsp3) is 0.909. The molecule has 3 heteroatoms. The molecule has 1 rings (SSSR count). The van der Waals surface area contributed by atoms with Crippen molar-refractivity contribution < 1.29 is 9.90 Å². The van der Waals surface area contributed by atoms with Crippen LogP contribution in [0.25, 0.3) is 0 Å². The molecular weight excluding hydrogens is 178 g/mol. The van der Waals surface area contributed by atoms with E-state index in [-0.39, 0.29) is 17.6 Å². The van der Waals surface area contributed by atoms with E-state index in [1.807, 2.05) is 13.8 Å². The first-order chi connectivity index (χ1) is 6.52. The molecule has 1 saturated heterocycles. The van der Waals surface area contributed by atoms with Crippen LogP contribution in [-0.4, -0.2) is 42.0 Å². The second kappa shape index (κ2) is 4.89. The number of nitrogens with zero attached hydrogens (tertiary/aromatic N) is 1. The van der Waals surface area contributed by atoms with Crippen LogP contribution in [0.3, 0.4) is 0 Å². The van der Waals surface area contributed by atoms with Crippen LogP contribution in [0.15, 0.2) is 0 Å². The number of carbonyl (C=O) groups excluding carboxylic acids is 1. The maximum Gasteiger partial charge on any atom is 0.164 e.